The quantitative estimate of drug-likeness (QED) is 0.757. The molecule has 1 amide bonds. The van der Waals surface area contributed by atoms with E-state index in [1.807, 2.05) is 0 Å². The molecule has 1 saturated heterocycles. The number of carbonyl (C=O) groups excluding carboxylic acids is 1. The zero-order valence-corrected chi connectivity index (χ0v) is 10.7. The zero-order chi connectivity index (χ0) is 13.0. The van der Waals surface area contributed by atoms with Crippen LogP contribution < -0.4 is 16.4 Å². The van der Waals surface area contributed by atoms with Crippen molar-refractivity contribution in [2.24, 2.45) is 5.73 Å². The third-order valence-electron chi connectivity index (χ3n) is 2.77. The molecule has 0 bridgehead atoms. The van der Waals surface area contributed by atoms with Gasteiger partial charge in [-0.3, -0.25) is 4.79 Å². The van der Waals surface area contributed by atoms with E-state index in [2.05, 4.69) is 10.6 Å². The molecule has 98 valence electrons. The van der Waals surface area contributed by atoms with Gasteiger partial charge in [0.25, 0.3) is 5.91 Å². The maximum Gasteiger partial charge on any atom is 0.250 e. The number of primary amides is 1. The highest BCUT2D eigenvalue weighted by atomic mass is 35.5. The summed E-state index contributed by atoms with van der Waals surface area (Å²) >= 11 is 5.91. The van der Waals surface area contributed by atoms with Gasteiger partial charge in [0.15, 0.2) is 0 Å². The number of carbonyl (C=O) groups is 1. The van der Waals surface area contributed by atoms with E-state index in [-0.39, 0.29) is 6.10 Å². The van der Waals surface area contributed by atoms with E-state index in [4.69, 9.17) is 22.1 Å². The molecule has 0 radical (unpaired) electrons. The molecule has 18 heavy (non-hydrogen) atoms. The fourth-order valence-electron chi connectivity index (χ4n) is 1.85. The second-order valence-corrected chi connectivity index (χ2v) is 4.57. The van der Waals surface area contributed by atoms with Gasteiger partial charge in [0.05, 0.1) is 18.3 Å². The van der Waals surface area contributed by atoms with Gasteiger partial charge in [-0.1, -0.05) is 11.6 Å². The van der Waals surface area contributed by atoms with Crippen LogP contribution in [0.3, 0.4) is 0 Å². The zero-order valence-electron chi connectivity index (χ0n) is 9.91. The normalized spacial score (nSPS) is 19.5. The van der Waals surface area contributed by atoms with E-state index in [1.165, 1.54) is 0 Å². The van der Waals surface area contributed by atoms with Crippen molar-refractivity contribution >= 4 is 23.2 Å². The second-order valence-electron chi connectivity index (χ2n) is 4.13. The van der Waals surface area contributed by atoms with Crippen LogP contribution in [0.1, 0.15) is 10.4 Å². The van der Waals surface area contributed by atoms with Gasteiger partial charge >= 0.3 is 0 Å². The molecule has 1 fully saturated rings. The maximum atomic E-state index is 11.3. The smallest absolute Gasteiger partial charge is 0.250 e. The Morgan fingerprint density at radius 2 is 2.44 bits per heavy atom. The third-order valence-corrected chi connectivity index (χ3v) is 3.01. The maximum absolute atomic E-state index is 11.3. The van der Waals surface area contributed by atoms with E-state index < -0.39 is 5.91 Å². The summed E-state index contributed by atoms with van der Waals surface area (Å²) < 4.78 is 5.56. The molecule has 5 nitrogen and oxygen atoms in total. The number of amides is 1. The summed E-state index contributed by atoms with van der Waals surface area (Å²) in [5, 5.41) is 6.95. The first kappa shape index (κ1) is 13.1. The molecule has 6 heteroatoms. The highest BCUT2D eigenvalue weighted by Crippen LogP contribution is 2.20. The van der Waals surface area contributed by atoms with Crippen LogP contribution in [0.5, 0.6) is 0 Å². The van der Waals surface area contributed by atoms with Crippen molar-refractivity contribution in [1.29, 1.82) is 0 Å². The van der Waals surface area contributed by atoms with Gasteiger partial charge < -0.3 is 21.1 Å². The number of benzene rings is 1. The molecular formula is C12H16ClN3O2. The van der Waals surface area contributed by atoms with Crippen molar-refractivity contribution in [1.82, 2.24) is 5.32 Å². The molecule has 0 aliphatic carbocycles. The van der Waals surface area contributed by atoms with Crippen LogP contribution in [0.4, 0.5) is 5.69 Å². The molecule has 0 saturated carbocycles. The van der Waals surface area contributed by atoms with Crippen LogP contribution in [0.15, 0.2) is 18.2 Å². The van der Waals surface area contributed by atoms with Crippen LogP contribution in [-0.2, 0) is 4.74 Å². The van der Waals surface area contributed by atoms with Gasteiger partial charge in [0.1, 0.15) is 0 Å². The first-order valence-corrected chi connectivity index (χ1v) is 6.20. The number of morpholine rings is 1. The predicted octanol–water partition coefficient (Wildman–Crippen LogP) is 0.839. The summed E-state index contributed by atoms with van der Waals surface area (Å²) in [6.07, 6.45) is 0.0819. The average Bonchev–Trinajstić information content (AvgIpc) is 2.37. The molecule has 1 atom stereocenters. The number of hydrogen-bond acceptors (Lipinski definition) is 4. The molecule has 1 aliphatic rings. The first-order valence-electron chi connectivity index (χ1n) is 5.82. The minimum atomic E-state index is -0.475. The molecule has 1 aromatic rings. The minimum Gasteiger partial charge on any atom is -0.382 e. The summed E-state index contributed by atoms with van der Waals surface area (Å²) in [7, 11) is 0. The van der Waals surface area contributed by atoms with Gasteiger partial charge in [0.2, 0.25) is 0 Å². The number of nitrogens with two attached hydrogens (primary N) is 1. The molecule has 1 unspecified atom stereocenters. The fraction of sp³-hybridized carbons (Fsp3) is 0.417. The summed E-state index contributed by atoms with van der Waals surface area (Å²) in [4.78, 5) is 11.3. The molecular weight excluding hydrogens is 254 g/mol. The van der Waals surface area contributed by atoms with Crippen molar-refractivity contribution in [3.05, 3.63) is 28.8 Å². The number of hydrogen-bond donors (Lipinski definition) is 3. The summed E-state index contributed by atoms with van der Waals surface area (Å²) in [6.45, 7) is 2.97. The summed E-state index contributed by atoms with van der Waals surface area (Å²) in [6, 6.07) is 4.95. The highest BCUT2D eigenvalue weighted by molar-refractivity contribution is 6.31. The van der Waals surface area contributed by atoms with Gasteiger partial charge in [-0.15, -0.1) is 0 Å². The van der Waals surface area contributed by atoms with E-state index in [0.29, 0.717) is 29.4 Å². The molecule has 1 heterocycles. The van der Waals surface area contributed by atoms with Crippen LogP contribution in [-0.4, -0.2) is 38.3 Å². The minimum absolute atomic E-state index is 0.0819. The fourth-order valence-corrected chi connectivity index (χ4v) is 2.02. The van der Waals surface area contributed by atoms with Crippen molar-refractivity contribution < 1.29 is 9.53 Å². The standard InChI is InChI=1S/C12H16ClN3O2/c13-8-1-2-10(12(14)17)11(5-8)16-7-9-6-15-3-4-18-9/h1-2,5,9,15-16H,3-4,6-7H2,(H2,14,17). The largest absolute Gasteiger partial charge is 0.382 e. The number of anilines is 1. The Morgan fingerprint density at radius 3 is 3.11 bits per heavy atom. The molecule has 0 aromatic heterocycles. The van der Waals surface area contributed by atoms with Gasteiger partial charge in [-0.05, 0) is 18.2 Å². The lowest BCUT2D eigenvalue weighted by atomic mass is 10.1. The Morgan fingerprint density at radius 1 is 1.61 bits per heavy atom. The Balaban J connectivity index is 2.03. The lowest BCUT2D eigenvalue weighted by Crippen LogP contribution is -2.42. The lowest BCUT2D eigenvalue weighted by molar-refractivity contribution is 0.0372. The third kappa shape index (κ3) is 3.35. The second kappa shape index (κ2) is 6.04. The molecule has 1 aliphatic heterocycles. The Kier molecular flexibility index (Phi) is 4.41. The van der Waals surface area contributed by atoms with Crippen molar-refractivity contribution in [2.45, 2.75) is 6.10 Å². The summed E-state index contributed by atoms with van der Waals surface area (Å²) in [5.41, 5.74) is 6.38. The van der Waals surface area contributed by atoms with E-state index in [9.17, 15) is 4.79 Å². The Hall–Kier alpha value is -1.30. The van der Waals surface area contributed by atoms with Crippen LogP contribution >= 0.6 is 11.6 Å². The van der Waals surface area contributed by atoms with Crippen molar-refractivity contribution in [2.75, 3.05) is 31.6 Å². The first-order chi connectivity index (χ1) is 8.66. The number of nitrogens with one attached hydrogen (secondary N) is 2. The molecule has 0 spiro atoms. The monoisotopic (exact) mass is 269 g/mol. The van der Waals surface area contributed by atoms with Crippen LogP contribution in [0, 0.1) is 0 Å². The van der Waals surface area contributed by atoms with Crippen LogP contribution in [0.2, 0.25) is 5.02 Å². The van der Waals surface area contributed by atoms with Crippen LogP contribution in [0.25, 0.3) is 0 Å². The highest BCUT2D eigenvalue weighted by Gasteiger charge is 2.14. The number of halogens is 1. The predicted molar refractivity (Wildman–Crippen MR) is 71.1 cm³/mol. The Labute approximate surface area is 111 Å². The number of rotatable bonds is 4. The lowest BCUT2D eigenvalue weighted by Gasteiger charge is -2.24. The van der Waals surface area contributed by atoms with Gasteiger partial charge in [-0.25, -0.2) is 0 Å². The van der Waals surface area contributed by atoms with Gasteiger partial charge in [0, 0.05) is 30.3 Å². The van der Waals surface area contributed by atoms with Crippen molar-refractivity contribution in [3.63, 3.8) is 0 Å². The van der Waals surface area contributed by atoms with E-state index in [0.717, 1.165) is 13.1 Å². The van der Waals surface area contributed by atoms with E-state index >= 15 is 0 Å². The number of ether oxygens (including phenoxy) is 1. The Bertz CT molecular complexity index is 433. The average molecular weight is 270 g/mol. The molecule has 1 aromatic carbocycles. The van der Waals surface area contributed by atoms with Gasteiger partial charge in [-0.2, -0.15) is 0 Å². The summed E-state index contributed by atoms with van der Waals surface area (Å²) in [5.74, 6) is -0.475. The van der Waals surface area contributed by atoms with E-state index in [1.54, 1.807) is 18.2 Å². The molecule has 2 rings (SSSR count). The SMILES string of the molecule is NC(=O)c1ccc(Cl)cc1NCC1CNCCO1. The topological polar surface area (TPSA) is 76.4 Å². The molecule has 4 N–H and O–H groups in total. The van der Waals surface area contributed by atoms with Crippen molar-refractivity contribution in [3.8, 4) is 0 Å².